The highest BCUT2D eigenvalue weighted by molar-refractivity contribution is 7.10. The number of benzene rings is 3. The molecule has 69 heavy (non-hydrogen) atoms. The molecule has 2 N–H and O–H groups in total. The third kappa shape index (κ3) is 10.5. The van der Waals surface area contributed by atoms with Crippen molar-refractivity contribution in [3.8, 4) is 28.4 Å². The number of nitrogens with one attached hydrogen (secondary N) is 2. The molecular formula is C48H47F3N10O7S. The Bertz CT molecular complexity index is 2860. The minimum atomic E-state index is -4.79. The van der Waals surface area contributed by atoms with E-state index < -0.39 is 47.2 Å². The number of piperidine rings is 2. The molecule has 2 saturated heterocycles. The van der Waals surface area contributed by atoms with Gasteiger partial charge in [-0.1, -0.05) is 58.9 Å². The van der Waals surface area contributed by atoms with E-state index in [4.69, 9.17) is 9.72 Å². The summed E-state index contributed by atoms with van der Waals surface area (Å²) in [5.41, 5.74) is 3.10. The summed E-state index contributed by atoms with van der Waals surface area (Å²) in [5, 5.41) is 20.4. The molecule has 9 rings (SSSR count). The van der Waals surface area contributed by atoms with Gasteiger partial charge in [0.2, 0.25) is 17.6 Å². The number of nitrogens with zero attached hydrogens (tertiary/aromatic N) is 8. The third-order valence-corrected chi connectivity index (χ3v) is 13.8. The molecule has 3 aliphatic heterocycles. The molecule has 0 spiro atoms. The molecule has 3 aromatic carbocycles. The highest BCUT2D eigenvalue weighted by atomic mass is 32.1. The predicted molar refractivity (Wildman–Crippen MR) is 243 cm³/mol. The van der Waals surface area contributed by atoms with Gasteiger partial charge in [-0.3, -0.25) is 38.9 Å². The van der Waals surface area contributed by atoms with Crippen molar-refractivity contribution in [1.29, 1.82) is 0 Å². The Balaban J connectivity index is 0.734. The van der Waals surface area contributed by atoms with Gasteiger partial charge in [0.25, 0.3) is 17.7 Å². The average molecular weight is 965 g/mol. The number of imide groups is 2. The minimum absolute atomic E-state index is 0.0412. The number of amides is 5. The van der Waals surface area contributed by atoms with Crippen LogP contribution in [0.3, 0.4) is 0 Å². The Kier molecular flexibility index (Phi) is 13.8. The maximum absolute atomic E-state index is 13.6. The molecule has 0 bridgehead atoms. The zero-order valence-corrected chi connectivity index (χ0v) is 38.1. The molecule has 1 unspecified atom stereocenters. The van der Waals surface area contributed by atoms with Crippen LogP contribution in [0.4, 0.5) is 13.2 Å². The normalized spacial score (nSPS) is 17.3. The molecule has 21 heteroatoms. The van der Waals surface area contributed by atoms with Crippen molar-refractivity contribution in [3.63, 3.8) is 0 Å². The van der Waals surface area contributed by atoms with Gasteiger partial charge in [-0.05, 0) is 95.3 Å². The Morgan fingerprint density at radius 2 is 1.70 bits per heavy atom. The van der Waals surface area contributed by atoms with Crippen LogP contribution in [0.2, 0.25) is 0 Å². The first-order chi connectivity index (χ1) is 33.3. The first kappa shape index (κ1) is 47.0. The summed E-state index contributed by atoms with van der Waals surface area (Å²) >= 11 is 1.58. The molecule has 17 nitrogen and oxygen atoms in total. The molecule has 0 aliphatic carbocycles. The van der Waals surface area contributed by atoms with E-state index >= 15 is 0 Å². The number of halogens is 3. The van der Waals surface area contributed by atoms with Gasteiger partial charge in [0.15, 0.2) is 0 Å². The predicted octanol–water partition coefficient (Wildman–Crippen LogP) is 6.52. The molecule has 1 atom stereocenters. The van der Waals surface area contributed by atoms with Crippen molar-refractivity contribution in [2.24, 2.45) is 0 Å². The number of rotatable bonds is 18. The number of aryl methyl sites for hydroxylation is 2. The van der Waals surface area contributed by atoms with Crippen LogP contribution >= 0.6 is 11.3 Å². The second kappa shape index (κ2) is 20.2. The van der Waals surface area contributed by atoms with Crippen LogP contribution in [0, 0.1) is 0 Å². The summed E-state index contributed by atoms with van der Waals surface area (Å²) in [6, 6.07) is 19.8. The van der Waals surface area contributed by atoms with Gasteiger partial charge >= 0.3 is 12.1 Å². The van der Waals surface area contributed by atoms with Gasteiger partial charge in [-0.25, -0.2) is 4.98 Å². The molecule has 3 aliphatic rings. The van der Waals surface area contributed by atoms with E-state index in [9.17, 15) is 37.1 Å². The number of alkyl halides is 3. The first-order valence-electron chi connectivity index (χ1n) is 22.7. The van der Waals surface area contributed by atoms with Crippen LogP contribution in [0.15, 0.2) is 88.9 Å². The molecule has 6 heterocycles. The molecule has 6 aromatic rings. The number of hydrogen-bond donors (Lipinski definition) is 2. The van der Waals surface area contributed by atoms with Gasteiger partial charge < -0.3 is 19.5 Å². The zero-order valence-electron chi connectivity index (χ0n) is 37.2. The Morgan fingerprint density at radius 3 is 2.48 bits per heavy atom. The first-order valence-corrected chi connectivity index (χ1v) is 23.6. The number of ether oxygens (including phenoxy) is 1. The van der Waals surface area contributed by atoms with Crippen molar-refractivity contribution in [1.82, 2.24) is 50.6 Å². The number of likely N-dealkylation sites (tertiary alicyclic amines) is 1. The minimum Gasteiger partial charge on any atom is -0.493 e. The average Bonchev–Trinajstić information content (AvgIpc) is 4.19. The van der Waals surface area contributed by atoms with Crippen LogP contribution in [-0.2, 0) is 34.1 Å². The van der Waals surface area contributed by atoms with Crippen molar-refractivity contribution >= 4 is 40.9 Å². The standard InChI is InChI=1S/C48H47F3N10O7S/c49-48(50,51)45-55-40(57-68-45)31-12-8-13-32(26-31)41(63)52-29-47(46-53-35(28-69-46)30-10-2-1-3-11-30)19-23-59(24-20-47)21-5-4-14-33-27-60(58-56-33)22-6-7-25-67-37-16-9-15-34-39(37)44(66)61(43(34)65)36-17-18-38(62)54-42(36)64/h1-3,8-13,15-16,26-28,36H,4-7,14,17-25,29H2,(H,52,63)(H,54,62,64). The second-order valence-corrected chi connectivity index (χ2v) is 18.2. The number of carbonyl (C=O) groups excluding carboxylic acids is 5. The number of unbranched alkanes of at least 4 members (excludes halogenated alkanes) is 2. The van der Waals surface area contributed by atoms with Crippen LogP contribution in [0.5, 0.6) is 5.75 Å². The Labute approximate surface area is 397 Å². The van der Waals surface area contributed by atoms with E-state index in [2.05, 4.69) is 40.5 Å². The van der Waals surface area contributed by atoms with Crippen LogP contribution in [0.1, 0.15) is 99.0 Å². The number of carbonyl (C=O) groups is 5. The second-order valence-electron chi connectivity index (χ2n) is 17.3. The van der Waals surface area contributed by atoms with Crippen LogP contribution < -0.4 is 15.4 Å². The van der Waals surface area contributed by atoms with Gasteiger partial charge in [-0.15, -0.1) is 16.4 Å². The fourth-order valence-corrected chi connectivity index (χ4v) is 9.99. The van der Waals surface area contributed by atoms with Crippen molar-refractivity contribution in [2.75, 3.05) is 32.8 Å². The summed E-state index contributed by atoms with van der Waals surface area (Å²) in [5.74, 6) is -4.12. The summed E-state index contributed by atoms with van der Waals surface area (Å²) in [6.45, 7) is 3.72. The summed E-state index contributed by atoms with van der Waals surface area (Å²) < 4.78 is 51.5. The van der Waals surface area contributed by atoms with Crippen LogP contribution in [0.25, 0.3) is 22.6 Å². The van der Waals surface area contributed by atoms with Gasteiger partial charge in [0.05, 0.1) is 29.1 Å². The molecule has 2 fully saturated rings. The highest BCUT2D eigenvalue weighted by Crippen LogP contribution is 2.39. The monoisotopic (exact) mass is 964 g/mol. The lowest BCUT2D eigenvalue weighted by Gasteiger charge is -2.40. The SMILES string of the molecule is O=C1CCC(N2C(=O)c3cccc(OCCCCn4cc(CCCCN5CCC(CNC(=O)c6cccc(-c7noc(C(F)(F)F)n7)c6)(c6nc(-c7ccccc7)cs6)CC5)nn4)c3C2=O)C(=O)N1. The van der Waals surface area contributed by atoms with E-state index in [-0.39, 0.29) is 52.6 Å². The Morgan fingerprint density at radius 1 is 0.913 bits per heavy atom. The van der Waals surface area contributed by atoms with E-state index in [0.29, 0.717) is 26.1 Å². The van der Waals surface area contributed by atoms with Crippen LogP contribution in [-0.4, -0.2) is 108 Å². The molecular weight excluding hydrogens is 918 g/mol. The molecule has 0 radical (unpaired) electrons. The molecule has 0 saturated carbocycles. The fourth-order valence-electron chi connectivity index (χ4n) is 8.90. The fraction of sp³-hybridized carbons (Fsp3) is 0.375. The van der Waals surface area contributed by atoms with Crippen molar-refractivity contribution in [2.45, 2.75) is 82.0 Å². The molecule has 358 valence electrons. The lowest BCUT2D eigenvalue weighted by Crippen LogP contribution is -2.54. The van der Waals surface area contributed by atoms with E-state index in [1.165, 1.54) is 18.2 Å². The van der Waals surface area contributed by atoms with Gasteiger partial charge in [-0.2, -0.15) is 18.2 Å². The largest absolute Gasteiger partial charge is 0.493 e. The van der Waals surface area contributed by atoms with Gasteiger partial charge in [0.1, 0.15) is 16.8 Å². The quantitative estimate of drug-likeness (QED) is 0.0696. The number of thiazole rings is 1. The Hall–Kier alpha value is -7.13. The smallest absolute Gasteiger partial charge is 0.471 e. The van der Waals surface area contributed by atoms with E-state index in [1.54, 1.807) is 40.3 Å². The van der Waals surface area contributed by atoms with E-state index in [0.717, 1.165) is 85.0 Å². The summed E-state index contributed by atoms with van der Waals surface area (Å²) in [4.78, 5) is 76.1. The summed E-state index contributed by atoms with van der Waals surface area (Å²) in [6.07, 6.45) is 2.81. The number of hydrogen-bond acceptors (Lipinski definition) is 14. The summed E-state index contributed by atoms with van der Waals surface area (Å²) in [7, 11) is 0. The highest BCUT2D eigenvalue weighted by Gasteiger charge is 2.46. The zero-order chi connectivity index (χ0) is 48.1. The molecule has 5 amide bonds. The van der Waals surface area contributed by atoms with Gasteiger partial charge in [0, 0.05) is 53.2 Å². The maximum Gasteiger partial charge on any atom is 0.471 e. The van der Waals surface area contributed by atoms with Crippen molar-refractivity contribution in [3.05, 3.63) is 118 Å². The maximum atomic E-state index is 13.6. The molecule has 3 aromatic heterocycles. The lowest BCUT2D eigenvalue weighted by atomic mass is 9.78. The topological polar surface area (TPSA) is 208 Å². The number of aromatic nitrogens is 6. The number of fused-ring (bicyclic) bond motifs is 1. The van der Waals surface area contributed by atoms with Crippen molar-refractivity contribution < 1.29 is 46.4 Å². The lowest BCUT2D eigenvalue weighted by molar-refractivity contribution is -0.159. The third-order valence-electron chi connectivity index (χ3n) is 12.7. The van der Waals surface area contributed by atoms with E-state index in [1.807, 2.05) is 41.9 Å².